The highest BCUT2D eigenvalue weighted by atomic mass is 79.9. The van der Waals surface area contributed by atoms with E-state index in [0.29, 0.717) is 0 Å². The summed E-state index contributed by atoms with van der Waals surface area (Å²) in [5.41, 5.74) is 0.964. The SMILES string of the molecule is Cn1cc(Br)c2cc(C(=O)O)cnc21. The Hall–Kier alpha value is -1.36. The van der Waals surface area contributed by atoms with Crippen molar-refractivity contribution in [3.8, 4) is 0 Å². The van der Waals surface area contributed by atoms with Gasteiger partial charge in [0.1, 0.15) is 5.65 Å². The summed E-state index contributed by atoms with van der Waals surface area (Å²) in [7, 11) is 1.86. The molecule has 0 aliphatic rings. The number of nitrogens with zero attached hydrogens (tertiary/aromatic N) is 2. The first-order valence-corrected chi connectivity index (χ1v) is 4.73. The Morgan fingerprint density at radius 2 is 2.36 bits per heavy atom. The fraction of sp³-hybridized carbons (Fsp3) is 0.111. The van der Waals surface area contributed by atoms with Crippen LogP contribution in [-0.2, 0) is 7.05 Å². The smallest absolute Gasteiger partial charge is 0.337 e. The molecule has 72 valence electrons. The van der Waals surface area contributed by atoms with Gasteiger partial charge in [0.25, 0.3) is 0 Å². The Kier molecular flexibility index (Phi) is 2.03. The summed E-state index contributed by atoms with van der Waals surface area (Å²) < 4.78 is 2.69. The van der Waals surface area contributed by atoms with Crippen LogP contribution in [0.4, 0.5) is 0 Å². The van der Waals surface area contributed by atoms with E-state index in [-0.39, 0.29) is 5.56 Å². The Bertz CT molecular complexity index is 519. The summed E-state index contributed by atoms with van der Waals surface area (Å²) in [4.78, 5) is 14.8. The monoisotopic (exact) mass is 254 g/mol. The zero-order chi connectivity index (χ0) is 10.3. The molecule has 0 atom stereocenters. The van der Waals surface area contributed by atoms with E-state index in [2.05, 4.69) is 20.9 Å². The molecule has 2 aromatic heterocycles. The summed E-state index contributed by atoms with van der Waals surface area (Å²) in [5, 5.41) is 9.59. The van der Waals surface area contributed by atoms with Crippen LogP contribution in [0.1, 0.15) is 10.4 Å². The minimum Gasteiger partial charge on any atom is -0.478 e. The zero-order valence-electron chi connectivity index (χ0n) is 7.36. The number of aryl methyl sites for hydroxylation is 1. The number of carboxylic acids is 1. The van der Waals surface area contributed by atoms with E-state index in [1.54, 1.807) is 6.07 Å². The molecular formula is C9H7BrN2O2. The lowest BCUT2D eigenvalue weighted by molar-refractivity contribution is 0.0696. The molecule has 2 rings (SSSR count). The summed E-state index contributed by atoms with van der Waals surface area (Å²) in [6.45, 7) is 0. The van der Waals surface area contributed by atoms with Gasteiger partial charge < -0.3 is 9.67 Å². The number of carbonyl (C=O) groups is 1. The Labute approximate surface area is 88.3 Å². The van der Waals surface area contributed by atoms with Crippen LogP contribution in [0.25, 0.3) is 11.0 Å². The minimum absolute atomic E-state index is 0.199. The lowest BCUT2D eigenvalue weighted by Crippen LogP contribution is -1.97. The highest BCUT2D eigenvalue weighted by Crippen LogP contribution is 2.24. The zero-order valence-corrected chi connectivity index (χ0v) is 8.95. The van der Waals surface area contributed by atoms with E-state index in [4.69, 9.17) is 5.11 Å². The van der Waals surface area contributed by atoms with Crippen molar-refractivity contribution < 1.29 is 9.90 Å². The largest absolute Gasteiger partial charge is 0.478 e. The van der Waals surface area contributed by atoms with Crippen LogP contribution >= 0.6 is 15.9 Å². The maximum absolute atomic E-state index is 10.7. The standard InChI is InChI=1S/C9H7BrN2O2/c1-12-4-7(10)6-2-5(9(13)14)3-11-8(6)12/h2-4H,1H3,(H,13,14). The first kappa shape index (κ1) is 9.21. The van der Waals surface area contributed by atoms with Gasteiger partial charge in [-0.25, -0.2) is 9.78 Å². The Morgan fingerprint density at radius 3 is 3.00 bits per heavy atom. The predicted octanol–water partition coefficient (Wildman–Crippen LogP) is 2.03. The molecule has 0 bridgehead atoms. The van der Waals surface area contributed by atoms with Gasteiger partial charge in [0, 0.05) is 29.3 Å². The van der Waals surface area contributed by atoms with Crippen LogP contribution in [0.2, 0.25) is 0 Å². The number of aromatic carboxylic acids is 1. The second-order valence-corrected chi connectivity index (χ2v) is 3.84. The van der Waals surface area contributed by atoms with Crippen molar-refractivity contribution in [3.63, 3.8) is 0 Å². The van der Waals surface area contributed by atoms with Gasteiger partial charge in [-0.3, -0.25) is 0 Å². The van der Waals surface area contributed by atoms with Gasteiger partial charge in [-0.1, -0.05) is 0 Å². The normalized spacial score (nSPS) is 10.7. The molecule has 0 amide bonds. The van der Waals surface area contributed by atoms with E-state index in [9.17, 15) is 4.79 Å². The Morgan fingerprint density at radius 1 is 1.64 bits per heavy atom. The van der Waals surface area contributed by atoms with Crippen molar-refractivity contribution in [1.29, 1.82) is 0 Å². The van der Waals surface area contributed by atoms with Crippen molar-refractivity contribution in [2.45, 2.75) is 0 Å². The van der Waals surface area contributed by atoms with Crippen molar-refractivity contribution in [2.75, 3.05) is 0 Å². The van der Waals surface area contributed by atoms with Gasteiger partial charge in [-0.15, -0.1) is 0 Å². The van der Waals surface area contributed by atoms with E-state index in [1.165, 1.54) is 6.20 Å². The second-order valence-electron chi connectivity index (χ2n) is 2.99. The molecule has 14 heavy (non-hydrogen) atoms. The fourth-order valence-corrected chi connectivity index (χ4v) is 1.93. The molecule has 2 aromatic rings. The summed E-state index contributed by atoms with van der Waals surface area (Å²) in [5.74, 6) is -0.963. The molecule has 0 unspecified atom stereocenters. The van der Waals surface area contributed by atoms with Crippen molar-refractivity contribution in [3.05, 3.63) is 28.5 Å². The van der Waals surface area contributed by atoms with Crippen molar-refractivity contribution >= 4 is 32.9 Å². The van der Waals surface area contributed by atoms with E-state index in [0.717, 1.165) is 15.5 Å². The number of carboxylic acid groups (broad SMARTS) is 1. The average molecular weight is 255 g/mol. The van der Waals surface area contributed by atoms with Gasteiger partial charge in [0.2, 0.25) is 0 Å². The first-order chi connectivity index (χ1) is 6.59. The van der Waals surface area contributed by atoms with Crippen LogP contribution in [0, 0.1) is 0 Å². The van der Waals surface area contributed by atoms with Crippen molar-refractivity contribution in [2.24, 2.45) is 7.05 Å². The molecule has 0 aromatic carbocycles. The van der Waals surface area contributed by atoms with Crippen molar-refractivity contribution in [1.82, 2.24) is 9.55 Å². The quantitative estimate of drug-likeness (QED) is 0.848. The molecule has 0 saturated carbocycles. The maximum Gasteiger partial charge on any atom is 0.337 e. The molecule has 0 aliphatic heterocycles. The summed E-state index contributed by atoms with van der Waals surface area (Å²) in [6, 6.07) is 1.61. The molecular weight excluding hydrogens is 248 g/mol. The van der Waals surface area contributed by atoms with Crippen LogP contribution in [-0.4, -0.2) is 20.6 Å². The number of halogens is 1. The summed E-state index contributed by atoms with van der Waals surface area (Å²) in [6.07, 6.45) is 3.21. The van der Waals surface area contributed by atoms with Crippen LogP contribution < -0.4 is 0 Å². The molecule has 5 heteroatoms. The molecule has 2 heterocycles. The predicted molar refractivity (Wildman–Crippen MR) is 55.4 cm³/mol. The number of pyridine rings is 1. The average Bonchev–Trinajstić information content (AvgIpc) is 2.42. The van der Waals surface area contributed by atoms with Gasteiger partial charge in [-0.05, 0) is 22.0 Å². The number of hydrogen-bond acceptors (Lipinski definition) is 2. The van der Waals surface area contributed by atoms with E-state index >= 15 is 0 Å². The second kappa shape index (κ2) is 3.09. The molecule has 0 aliphatic carbocycles. The highest BCUT2D eigenvalue weighted by molar-refractivity contribution is 9.10. The van der Waals surface area contributed by atoms with Gasteiger partial charge in [0.05, 0.1) is 5.56 Å². The van der Waals surface area contributed by atoms with Gasteiger partial charge in [0.15, 0.2) is 0 Å². The number of aromatic nitrogens is 2. The summed E-state index contributed by atoms with van der Waals surface area (Å²) >= 11 is 3.35. The molecule has 0 spiro atoms. The number of hydrogen-bond donors (Lipinski definition) is 1. The van der Waals surface area contributed by atoms with Crippen LogP contribution in [0.5, 0.6) is 0 Å². The third kappa shape index (κ3) is 1.29. The fourth-order valence-electron chi connectivity index (χ4n) is 1.33. The van der Waals surface area contributed by atoms with Crippen LogP contribution in [0.3, 0.4) is 0 Å². The molecule has 4 nitrogen and oxygen atoms in total. The van der Waals surface area contributed by atoms with Crippen LogP contribution in [0.15, 0.2) is 22.9 Å². The number of rotatable bonds is 1. The topological polar surface area (TPSA) is 55.1 Å². The third-order valence-corrected chi connectivity index (χ3v) is 2.64. The van der Waals surface area contributed by atoms with Gasteiger partial charge >= 0.3 is 5.97 Å². The third-order valence-electron chi connectivity index (χ3n) is 2.01. The van der Waals surface area contributed by atoms with E-state index < -0.39 is 5.97 Å². The lowest BCUT2D eigenvalue weighted by atomic mass is 10.2. The minimum atomic E-state index is -0.963. The molecule has 0 radical (unpaired) electrons. The van der Waals surface area contributed by atoms with Gasteiger partial charge in [-0.2, -0.15) is 0 Å². The highest BCUT2D eigenvalue weighted by Gasteiger charge is 2.09. The van der Waals surface area contributed by atoms with E-state index in [1.807, 2.05) is 17.8 Å². The lowest BCUT2D eigenvalue weighted by Gasteiger charge is -1.96. The molecule has 0 saturated heterocycles. The Balaban J connectivity index is 2.77. The maximum atomic E-state index is 10.7. The first-order valence-electron chi connectivity index (χ1n) is 3.93. The molecule has 1 N–H and O–H groups in total. The number of fused-ring (bicyclic) bond motifs is 1. The molecule has 0 fully saturated rings.